The lowest BCUT2D eigenvalue weighted by Gasteiger charge is -2.29. The summed E-state index contributed by atoms with van der Waals surface area (Å²) in [5.74, 6) is -0.136. The van der Waals surface area contributed by atoms with Crippen LogP contribution in [0.1, 0.15) is 48.3 Å². The van der Waals surface area contributed by atoms with Gasteiger partial charge in [-0.15, -0.1) is 0 Å². The third-order valence-electron chi connectivity index (χ3n) is 6.92. The fraction of sp³-hybridized carbons (Fsp3) is 0.188. The third kappa shape index (κ3) is 6.19. The van der Waals surface area contributed by atoms with E-state index in [1.54, 1.807) is 31.2 Å². The van der Waals surface area contributed by atoms with Gasteiger partial charge in [0.15, 0.2) is 5.65 Å². The molecule has 0 saturated heterocycles. The summed E-state index contributed by atoms with van der Waals surface area (Å²) in [6.45, 7) is 5.61. The molecule has 1 amide bonds. The number of amides is 1. The Labute approximate surface area is 247 Å². The van der Waals surface area contributed by atoms with Crippen LogP contribution in [0.5, 0.6) is 0 Å². The van der Waals surface area contributed by atoms with Gasteiger partial charge in [-0.2, -0.15) is 0 Å². The number of nitrogens with zero attached hydrogens (tertiary/aromatic N) is 3. The van der Waals surface area contributed by atoms with Crippen molar-refractivity contribution in [2.75, 3.05) is 17.7 Å². The van der Waals surface area contributed by atoms with Crippen molar-refractivity contribution in [3.63, 3.8) is 0 Å². The second-order valence-electron chi connectivity index (χ2n) is 10.4. The molecule has 0 aliphatic carbocycles. The molecule has 1 unspecified atom stereocenters. The lowest BCUT2D eigenvalue weighted by molar-refractivity contribution is 0.0849. The minimum Gasteiger partial charge on any atom is -0.396 e. The van der Waals surface area contributed by atoms with Crippen molar-refractivity contribution in [3.8, 4) is 0 Å². The quantitative estimate of drug-likeness (QED) is 0.147. The summed E-state index contributed by atoms with van der Waals surface area (Å²) < 4.78 is 14.2. The summed E-state index contributed by atoms with van der Waals surface area (Å²) in [5.41, 5.74) is 7.91. The molecule has 0 aliphatic heterocycles. The Balaban J connectivity index is 1.53. The summed E-state index contributed by atoms with van der Waals surface area (Å²) in [6.07, 6.45) is 1.44. The van der Waals surface area contributed by atoms with Crippen molar-refractivity contribution in [1.82, 2.24) is 20.3 Å². The summed E-state index contributed by atoms with van der Waals surface area (Å²) in [7, 11) is 0. The maximum atomic E-state index is 14.2. The predicted octanol–water partition coefficient (Wildman–Crippen LogP) is 6.40. The number of nitrogens with two attached hydrogens (primary N) is 1. The molecule has 0 bridgehead atoms. The normalized spacial score (nSPS) is 12.7. The van der Waals surface area contributed by atoms with Crippen molar-refractivity contribution >= 4 is 45.9 Å². The van der Waals surface area contributed by atoms with Crippen molar-refractivity contribution in [1.29, 1.82) is 0 Å². The highest BCUT2D eigenvalue weighted by Gasteiger charge is 2.28. The van der Waals surface area contributed by atoms with Gasteiger partial charge in [-0.1, -0.05) is 55.9 Å². The maximum absolute atomic E-state index is 14.2. The van der Waals surface area contributed by atoms with Crippen LogP contribution < -0.4 is 16.4 Å². The summed E-state index contributed by atoms with van der Waals surface area (Å²) in [5, 5.41) is 17.2. The number of pyridine rings is 1. The third-order valence-corrected chi connectivity index (χ3v) is 7.99. The molecule has 0 aliphatic rings. The minimum absolute atomic E-state index is 0.0655. The fourth-order valence-corrected chi connectivity index (χ4v) is 5.30. The van der Waals surface area contributed by atoms with Gasteiger partial charge in [0.05, 0.1) is 28.9 Å². The molecule has 8 nitrogen and oxygen atoms in total. The van der Waals surface area contributed by atoms with E-state index in [4.69, 9.17) is 5.73 Å². The number of rotatable bonds is 9. The standard InChI is InChI=1S/C32H31FN6O2S/c1-19(2)26-13-11-23-29(37-26)35-18-36-30(23)38-27-15-20(9-14-28(27)42-22-10-12-25(34)24(33)16-22)31(41)39-32(3,17-40)21-7-5-4-6-8-21/h4-16,18-19,40H,17,34H2,1-3H3,(H,39,41)(H,35,36,37,38). The Hall–Kier alpha value is -4.54. The summed E-state index contributed by atoms with van der Waals surface area (Å²) in [4.78, 5) is 28.3. The minimum atomic E-state index is -0.997. The van der Waals surface area contributed by atoms with Crippen LogP contribution in [0.15, 0.2) is 95.0 Å². The number of anilines is 3. The zero-order chi connectivity index (χ0) is 29.9. The molecule has 2 heterocycles. The van der Waals surface area contributed by atoms with Crippen molar-refractivity contribution in [2.45, 2.75) is 42.0 Å². The first kappa shape index (κ1) is 29.0. The van der Waals surface area contributed by atoms with Gasteiger partial charge in [0.1, 0.15) is 18.0 Å². The van der Waals surface area contributed by atoms with E-state index in [9.17, 15) is 14.3 Å². The van der Waals surface area contributed by atoms with E-state index >= 15 is 0 Å². The van der Waals surface area contributed by atoms with Crippen molar-refractivity contribution in [3.05, 3.63) is 108 Å². The van der Waals surface area contributed by atoms with Gasteiger partial charge >= 0.3 is 0 Å². The number of aliphatic hydroxyl groups is 1. The number of benzene rings is 3. The SMILES string of the molecule is CC(C)c1ccc2c(Nc3cc(C(=O)NC(C)(CO)c4ccccc4)ccc3Sc3ccc(N)c(F)c3)ncnc2n1. The van der Waals surface area contributed by atoms with Crippen LogP contribution in [0.25, 0.3) is 11.0 Å². The number of aromatic nitrogens is 3. The van der Waals surface area contributed by atoms with Gasteiger partial charge in [0.2, 0.25) is 0 Å². The molecular weight excluding hydrogens is 551 g/mol. The van der Waals surface area contributed by atoms with Gasteiger partial charge in [-0.3, -0.25) is 4.79 Å². The van der Waals surface area contributed by atoms with Gasteiger partial charge in [-0.25, -0.2) is 19.3 Å². The van der Waals surface area contributed by atoms with Gasteiger partial charge in [0, 0.05) is 21.0 Å². The number of fused-ring (bicyclic) bond motifs is 1. The first-order valence-electron chi connectivity index (χ1n) is 13.4. The topological polar surface area (TPSA) is 126 Å². The molecule has 1 atom stereocenters. The average molecular weight is 583 g/mol. The summed E-state index contributed by atoms with van der Waals surface area (Å²) >= 11 is 1.31. The second kappa shape index (κ2) is 12.1. The second-order valence-corrected chi connectivity index (χ2v) is 11.5. The molecule has 0 spiro atoms. The largest absolute Gasteiger partial charge is 0.396 e. The van der Waals surface area contributed by atoms with Crippen LogP contribution in [0.2, 0.25) is 0 Å². The highest BCUT2D eigenvalue weighted by Crippen LogP contribution is 2.37. The van der Waals surface area contributed by atoms with E-state index in [2.05, 4.69) is 39.4 Å². The number of aliphatic hydroxyl groups excluding tert-OH is 1. The van der Waals surface area contributed by atoms with Crippen LogP contribution in [0.4, 0.5) is 21.6 Å². The molecule has 5 N–H and O–H groups in total. The van der Waals surface area contributed by atoms with Crippen molar-refractivity contribution < 1.29 is 14.3 Å². The van der Waals surface area contributed by atoms with Crippen molar-refractivity contribution in [2.24, 2.45) is 0 Å². The Morgan fingerprint density at radius 1 is 1.05 bits per heavy atom. The monoisotopic (exact) mass is 582 g/mol. The number of carbonyl (C=O) groups excluding carboxylic acids is 1. The van der Waals surface area contributed by atoms with Gasteiger partial charge < -0.3 is 21.5 Å². The maximum Gasteiger partial charge on any atom is 0.252 e. The number of hydrogen-bond acceptors (Lipinski definition) is 8. The lowest BCUT2D eigenvalue weighted by atomic mass is 9.92. The molecule has 10 heteroatoms. The number of carbonyl (C=O) groups is 1. The first-order chi connectivity index (χ1) is 20.2. The molecule has 0 saturated carbocycles. The molecule has 0 fully saturated rings. The van der Waals surface area contributed by atoms with Gasteiger partial charge in [0.25, 0.3) is 5.91 Å². The van der Waals surface area contributed by atoms with E-state index in [1.165, 1.54) is 30.2 Å². The summed E-state index contributed by atoms with van der Waals surface area (Å²) in [6, 6.07) is 23.0. The highest BCUT2D eigenvalue weighted by atomic mass is 32.2. The number of nitrogen functional groups attached to an aromatic ring is 1. The van der Waals surface area contributed by atoms with E-state index in [0.717, 1.165) is 16.2 Å². The molecule has 0 radical (unpaired) electrons. The zero-order valence-electron chi connectivity index (χ0n) is 23.4. The average Bonchev–Trinajstić information content (AvgIpc) is 3.00. The van der Waals surface area contributed by atoms with E-state index in [1.807, 2.05) is 42.5 Å². The molecule has 3 aromatic carbocycles. The number of hydrogen-bond donors (Lipinski definition) is 4. The molecule has 42 heavy (non-hydrogen) atoms. The van der Waals surface area contributed by atoms with E-state index in [-0.39, 0.29) is 24.1 Å². The Bertz CT molecular complexity index is 1750. The number of nitrogens with one attached hydrogen (secondary N) is 2. The lowest BCUT2D eigenvalue weighted by Crippen LogP contribution is -2.46. The molecule has 214 valence electrons. The number of halogens is 1. The van der Waals surface area contributed by atoms with Crippen LogP contribution in [-0.2, 0) is 5.54 Å². The smallest absolute Gasteiger partial charge is 0.252 e. The molecule has 5 aromatic rings. The Morgan fingerprint density at radius 2 is 1.83 bits per heavy atom. The predicted molar refractivity (Wildman–Crippen MR) is 164 cm³/mol. The van der Waals surface area contributed by atoms with E-state index in [0.29, 0.717) is 33.0 Å². The highest BCUT2D eigenvalue weighted by molar-refractivity contribution is 7.99. The Kier molecular flexibility index (Phi) is 8.37. The van der Waals surface area contributed by atoms with Crippen LogP contribution in [0, 0.1) is 5.82 Å². The zero-order valence-corrected chi connectivity index (χ0v) is 24.2. The first-order valence-corrected chi connectivity index (χ1v) is 14.2. The Morgan fingerprint density at radius 3 is 2.55 bits per heavy atom. The molecule has 2 aromatic heterocycles. The van der Waals surface area contributed by atoms with Gasteiger partial charge in [-0.05, 0) is 66.9 Å². The molecular formula is C32H31FN6O2S. The molecule has 5 rings (SSSR count). The van der Waals surface area contributed by atoms with E-state index < -0.39 is 11.4 Å². The van der Waals surface area contributed by atoms with Crippen LogP contribution in [0.3, 0.4) is 0 Å². The van der Waals surface area contributed by atoms with Crippen LogP contribution >= 0.6 is 11.8 Å². The fourth-order valence-electron chi connectivity index (χ4n) is 4.39. The van der Waals surface area contributed by atoms with Crippen LogP contribution in [-0.4, -0.2) is 32.6 Å².